The summed E-state index contributed by atoms with van der Waals surface area (Å²) in [6.07, 6.45) is 3.37. The molecule has 4 nitrogen and oxygen atoms in total. The Labute approximate surface area is 109 Å². The molecule has 1 aromatic carbocycles. The molecule has 2 rings (SSSR count). The Hall–Kier alpha value is -1.07. The quantitative estimate of drug-likeness (QED) is 0.893. The van der Waals surface area contributed by atoms with Gasteiger partial charge in [0.25, 0.3) is 0 Å². The lowest BCUT2D eigenvalue weighted by Gasteiger charge is -2.21. The van der Waals surface area contributed by atoms with Gasteiger partial charge in [-0.05, 0) is 37.4 Å². The highest BCUT2D eigenvalue weighted by atomic mass is 32.2. The maximum Gasteiger partial charge on any atom is 0.177 e. The SMILES string of the molecule is CS(=O)(=O)c1ccccc1N1CCC(CCN)C1. The molecule has 1 atom stereocenters. The van der Waals surface area contributed by atoms with Gasteiger partial charge in [0, 0.05) is 19.3 Å². The van der Waals surface area contributed by atoms with Crippen molar-refractivity contribution in [2.24, 2.45) is 11.7 Å². The van der Waals surface area contributed by atoms with Gasteiger partial charge in [-0.2, -0.15) is 0 Å². The minimum absolute atomic E-state index is 0.429. The third-order valence-electron chi connectivity index (χ3n) is 3.47. The summed E-state index contributed by atoms with van der Waals surface area (Å²) in [7, 11) is -3.17. The summed E-state index contributed by atoms with van der Waals surface area (Å²) in [6, 6.07) is 7.23. The topological polar surface area (TPSA) is 63.4 Å². The van der Waals surface area contributed by atoms with E-state index in [1.807, 2.05) is 12.1 Å². The number of anilines is 1. The standard InChI is InChI=1S/C13H20N2O2S/c1-18(16,17)13-5-3-2-4-12(13)15-9-7-11(10-15)6-8-14/h2-5,11H,6-10,14H2,1H3. The normalized spacial score (nSPS) is 20.3. The molecule has 0 aromatic heterocycles. The molecule has 0 bridgehead atoms. The highest BCUT2D eigenvalue weighted by Gasteiger charge is 2.25. The van der Waals surface area contributed by atoms with E-state index < -0.39 is 9.84 Å². The fourth-order valence-corrected chi connectivity index (χ4v) is 3.46. The Bertz CT molecular complexity index is 513. The van der Waals surface area contributed by atoms with Gasteiger partial charge in [-0.3, -0.25) is 0 Å². The van der Waals surface area contributed by atoms with E-state index in [2.05, 4.69) is 4.90 Å². The molecule has 100 valence electrons. The zero-order valence-electron chi connectivity index (χ0n) is 10.7. The fraction of sp³-hybridized carbons (Fsp3) is 0.538. The van der Waals surface area contributed by atoms with Gasteiger partial charge in [0.15, 0.2) is 9.84 Å². The van der Waals surface area contributed by atoms with E-state index in [4.69, 9.17) is 5.73 Å². The van der Waals surface area contributed by atoms with Gasteiger partial charge < -0.3 is 10.6 Å². The second-order valence-electron chi connectivity index (χ2n) is 4.92. The van der Waals surface area contributed by atoms with Crippen LogP contribution in [0.1, 0.15) is 12.8 Å². The molecule has 1 fully saturated rings. The monoisotopic (exact) mass is 268 g/mol. The van der Waals surface area contributed by atoms with Gasteiger partial charge in [0.1, 0.15) is 0 Å². The van der Waals surface area contributed by atoms with Crippen LogP contribution in [0.2, 0.25) is 0 Å². The summed E-state index contributed by atoms with van der Waals surface area (Å²) in [4.78, 5) is 2.59. The maximum absolute atomic E-state index is 11.8. The van der Waals surface area contributed by atoms with Gasteiger partial charge in [-0.15, -0.1) is 0 Å². The molecule has 0 radical (unpaired) electrons. The van der Waals surface area contributed by atoms with E-state index in [0.717, 1.165) is 31.6 Å². The first-order valence-corrected chi connectivity index (χ1v) is 8.15. The molecule has 1 heterocycles. The average molecular weight is 268 g/mol. The zero-order valence-corrected chi connectivity index (χ0v) is 11.5. The molecule has 0 amide bonds. The minimum atomic E-state index is -3.17. The van der Waals surface area contributed by atoms with Crippen LogP contribution in [0.15, 0.2) is 29.2 Å². The lowest BCUT2D eigenvalue weighted by Crippen LogP contribution is -2.22. The van der Waals surface area contributed by atoms with Crippen LogP contribution >= 0.6 is 0 Å². The number of rotatable bonds is 4. The van der Waals surface area contributed by atoms with E-state index in [9.17, 15) is 8.42 Å². The van der Waals surface area contributed by atoms with Crippen LogP contribution in [0.3, 0.4) is 0 Å². The zero-order chi connectivity index (χ0) is 13.2. The van der Waals surface area contributed by atoms with Crippen LogP contribution in [0.25, 0.3) is 0 Å². The number of sulfone groups is 1. The number of hydrogen-bond donors (Lipinski definition) is 1. The van der Waals surface area contributed by atoms with Gasteiger partial charge >= 0.3 is 0 Å². The molecule has 1 aliphatic heterocycles. The smallest absolute Gasteiger partial charge is 0.177 e. The first kappa shape index (κ1) is 13.4. The van der Waals surface area contributed by atoms with E-state index >= 15 is 0 Å². The van der Waals surface area contributed by atoms with Crippen molar-refractivity contribution < 1.29 is 8.42 Å². The van der Waals surface area contributed by atoms with Crippen LogP contribution in [0.4, 0.5) is 5.69 Å². The summed E-state index contributed by atoms with van der Waals surface area (Å²) in [5, 5.41) is 0. The van der Waals surface area contributed by atoms with E-state index in [1.54, 1.807) is 12.1 Å². The largest absolute Gasteiger partial charge is 0.370 e. The van der Waals surface area contributed by atoms with E-state index in [-0.39, 0.29) is 0 Å². The number of para-hydroxylation sites is 1. The van der Waals surface area contributed by atoms with Gasteiger partial charge in [0.2, 0.25) is 0 Å². The molecule has 18 heavy (non-hydrogen) atoms. The Kier molecular flexibility index (Phi) is 3.92. The van der Waals surface area contributed by atoms with E-state index in [0.29, 0.717) is 17.4 Å². The molecule has 0 saturated carbocycles. The predicted octanol–water partition coefficient (Wildman–Crippen LogP) is 1.27. The van der Waals surface area contributed by atoms with E-state index in [1.165, 1.54) is 6.26 Å². The van der Waals surface area contributed by atoms with Crippen molar-refractivity contribution >= 4 is 15.5 Å². The van der Waals surface area contributed by atoms with Crippen LogP contribution < -0.4 is 10.6 Å². The fourth-order valence-electron chi connectivity index (χ4n) is 2.55. The van der Waals surface area contributed by atoms with Crippen molar-refractivity contribution in [3.8, 4) is 0 Å². The Balaban J connectivity index is 2.25. The summed E-state index contributed by atoms with van der Waals surface area (Å²) in [5.41, 5.74) is 6.41. The molecule has 1 aliphatic rings. The first-order valence-electron chi connectivity index (χ1n) is 6.26. The second-order valence-corrected chi connectivity index (χ2v) is 6.90. The molecule has 1 unspecified atom stereocenters. The Morgan fingerprint density at radius 2 is 2.11 bits per heavy atom. The van der Waals surface area contributed by atoms with Gasteiger partial charge in [0.05, 0.1) is 10.6 Å². The van der Waals surface area contributed by atoms with Gasteiger partial charge in [-0.25, -0.2) is 8.42 Å². The molecular formula is C13H20N2O2S. The molecule has 5 heteroatoms. The third-order valence-corrected chi connectivity index (χ3v) is 4.61. The molecular weight excluding hydrogens is 248 g/mol. The molecule has 0 spiro atoms. The minimum Gasteiger partial charge on any atom is -0.370 e. The summed E-state index contributed by atoms with van der Waals surface area (Å²) < 4.78 is 23.5. The van der Waals surface area contributed by atoms with Crippen LogP contribution in [0, 0.1) is 5.92 Å². The van der Waals surface area contributed by atoms with Crippen molar-refractivity contribution in [3.63, 3.8) is 0 Å². The van der Waals surface area contributed by atoms with Crippen LogP contribution in [0.5, 0.6) is 0 Å². The highest BCUT2D eigenvalue weighted by Crippen LogP contribution is 2.30. The molecule has 0 aliphatic carbocycles. The maximum atomic E-state index is 11.8. The second kappa shape index (κ2) is 5.28. The van der Waals surface area contributed by atoms with Crippen LogP contribution in [-0.2, 0) is 9.84 Å². The molecule has 2 N–H and O–H groups in total. The van der Waals surface area contributed by atoms with Crippen molar-refractivity contribution in [1.29, 1.82) is 0 Å². The Morgan fingerprint density at radius 3 is 2.78 bits per heavy atom. The van der Waals surface area contributed by atoms with Crippen molar-refractivity contribution in [1.82, 2.24) is 0 Å². The predicted molar refractivity (Wildman–Crippen MR) is 73.5 cm³/mol. The lowest BCUT2D eigenvalue weighted by molar-refractivity contribution is 0.546. The average Bonchev–Trinajstić information content (AvgIpc) is 2.77. The lowest BCUT2D eigenvalue weighted by atomic mass is 10.1. The summed E-state index contributed by atoms with van der Waals surface area (Å²) in [6.45, 7) is 2.52. The number of benzene rings is 1. The first-order chi connectivity index (χ1) is 8.52. The summed E-state index contributed by atoms with van der Waals surface area (Å²) >= 11 is 0. The third kappa shape index (κ3) is 2.84. The van der Waals surface area contributed by atoms with Crippen molar-refractivity contribution in [2.75, 3.05) is 30.8 Å². The van der Waals surface area contributed by atoms with Gasteiger partial charge in [-0.1, -0.05) is 12.1 Å². The van der Waals surface area contributed by atoms with Crippen molar-refractivity contribution in [3.05, 3.63) is 24.3 Å². The number of nitrogens with two attached hydrogens (primary N) is 1. The summed E-state index contributed by atoms with van der Waals surface area (Å²) in [5.74, 6) is 0.586. The van der Waals surface area contributed by atoms with Crippen LogP contribution in [-0.4, -0.2) is 34.3 Å². The molecule has 1 saturated heterocycles. The number of hydrogen-bond acceptors (Lipinski definition) is 4. The Morgan fingerprint density at radius 1 is 1.39 bits per heavy atom. The van der Waals surface area contributed by atoms with Crippen molar-refractivity contribution in [2.45, 2.75) is 17.7 Å². The molecule has 1 aromatic rings. The highest BCUT2D eigenvalue weighted by molar-refractivity contribution is 7.90. The number of nitrogens with zero attached hydrogens (tertiary/aromatic N) is 1.